The first kappa shape index (κ1) is 11.9. The highest BCUT2D eigenvalue weighted by molar-refractivity contribution is 4.67. The fraction of sp³-hybridized carbons (Fsp3) is 1.00. The Morgan fingerprint density at radius 3 is 2.86 bits per heavy atom. The Labute approximate surface area is 85.4 Å². The Morgan fingerprint density at radius 2 is 2.21 bits per heavy atom. The van der Waals surface area contributed by atoms with Crippen LogP contribution < -0.4 is 0 Å². The van der Waals surface area contributed by atoms with E-state index in [0.717, 1.165) is 6.42 Å². The van der Waals surface area contributed by atoms with Gasteiger partial charge in [-0.15, -0.1) is 0 Å². The smallest absolute Gasteiger partial charge is 0.309 e. The molecule has 0 bridgehead atoms. The van der Waals surface area contributed by atoms with Gasteiger partial charge in [0.05, 0.1) is 19.8 Å². The van der Waals surface area contributed by atoms with Gasteiger partial charge in [0.15, 0.2) is 0 Å². The molecule has 1 saturated heterocycles. The molecule has 0 saturated carbocycles. The normalized spacial score (nSPS) is 32.4. The maximum absolute atomic E-state index is 5.57. The molecule has 4 nitrogen and oxygen atoms in total. The summed E-state index contributed by atoms with van der Waals surface area (Å²) in [5, 5.41) is 0. The second-order valence-electron chi connectivity index (χ2n) is 3.66. The van der Waals surface area contributed by atoms with Crippen molar-refractivity contribution < 1.29 is 19.2 Å². The topological polar surface area (TPSA) is 36.9 Å². The van der Waals surface area contributed by atoms with Gasteiger partial charge in [-0.1, -0.05) is 26.2 Å². The third-order valence-corrected chi connectivity index (χ3v) is 2.28. The summed E-state index contributed by atoms with van der Waals surface area (Å²) in [6.07, 6.45) is 4.80. The van der Waals surface area contributed by atoms with Gasteiger partial charge >= 0.3 is 5.97 Å². The zero-order valence-corrected chi connectivity index (χ0v) is 9.25. The lowest BCUT2D eigenvalue weighted by atomic mass is 10.1. The van der Waals surface area contributed by atoms with E-state index in [2.05, 4.69) is 11.8 Å². The van der Waals surface area contributed by atoms with Crippen LogP contribution in [0.5, 0.6) is 0 Å². The van der Waals surface area contributed by atoms with Crippen LogP contribution in [0.2, 0.25) is 0 Å². The summed E-state index contributed by atoms with van der Waals surface area (Å²) in [6.45, 7) is 4.49. The van der Waals surface area contributed by atoms with Gasteiger partial charge in [0.2, 0.25) is 0 Å². The number of ether oxygens (including phenoxy) is 2. The molecule has 1 aliphatic heterocycles. The molecule has 14 heavy (non-hydrogen) atoms. The molecule has 4 heteroatoms. The van der Waals surface area contributed by atoms with E-state index in [4.69, 9.17) is 14.4 Å². The predicted molar refractivity (Wildman–Crippen MR) is 51.5 cm³/mol. The van der Waals surface area contributed by atoms with Crippen molar-refractivity contribution in [3.8, 4) is 0 Å². The second-order valence-corrected chi connectivity index (χ2v) is 3.66. The van der Waals surface area contributed by atoms with E-state index in [-0.39, 0.29) is 6.10 Å². The van der Waals surface area contributed by atoms with Gasteiger partial charge in [-0.25, -0.2) is 4.89 Å². The zero-order chi connectivity index (χ0) is 10.4. The third kappa shape index (κ3) is 3.53. The second kappa shape index (κ2) is 5.66. The van der Waals surface area contributed by atoms with Crippen molar-refractivity contribution in [1.82, 2.24) is 0 Å². The van der Waals surface area contributed by atoms with E-state index in [1.807, 2.05) is 0 Å². The van der Waals surface area contributed by atoms with Crippen LogP contribution in [0.1, 0.15) is 39.5 Å². The zero-order valence-electron chi connectivity index (χ0n) is 9.25. The van der Waals surface area contributed by atoms with E-state index >= 15 is 0 Å². The van der Waals surface area contributed by atoms with E-state index in [1.54, 1.807) is 6.92 Å². The molecule has 1 rings (SSSR count). The first-order valence-corrected chi connectivity index (χ1v) is 5.24. The maximum atomic E-state index is 5.57. The van der Waals surface area contributed by atoms with Crippen molar-refractivity contribution in [2.75, 3.05) is 13.7 Å². The van der Waals surface area contributed by atoms with Gasteiger partial charge in [0.1, 0.15) is 0 Å². The summed E-state index contributed by atoms with van der Waals surface area (Å²) in [6, 6.07) is 0. The van der Waals surface area contributed by atoms with Gasteiger partial charge < -0.3 is 9.47 Å². The van der Waals surface area contributed by atoms with Crippen LogP contribution in [-0.4, -0.2) is 25.8 Å². The molecule has 0 spiro atoms. The highest BCUT2D eigenvalue weighted by Crippen LogP contribution is 2.27. The van der Waals surface area contributed by atoms with E-state index in [0.29, 0.717) is 6.61 Å². The monoisotopic (exact) mass is 204 g/mol. The van der Waals surface area contributed by atoms with Crippen molar-refractivity contribution in [1.29, 1.82) is 0 Å². The van der Waals surface area contributed by atoms with E-state index in [9.17, 15) is 0 Å². The van der Waals surface area contributed by atoms with Gasteiger partial charge in [0.25, 0.3) is 0 Å². The molecule has 0 radical (unpaired) electrons. The molecule has 1 aliphatic rings. The van der Waals surface area contributed by atoms with Crippen LogP contribution in [0.15, 0.2) is 0 Å². The Hall–Kier alpha value is -0.160. The SMILES string of the molecule is CCCCCC1COC(C)(OOC)O1. The Kier molecular flexibility index (Phi) is 4.81. The van der Waals surface area contributed by atoms with Crippen LogP contribution >= 0.6 is 0 Å². The standard InChI is InChI=1S/C10H20O4/c1-4-5-6-7-9-8-12-10(2,13-9)14-11-3/h9H,4-8H2,1-3H3. The molecule has 1 fully saturated rings. The number of unbranched alkanes of at least 4 members (excludes halogenated alkanes) is 2. The highest BCUT2D eigenvalue weighted by Gasteiger charge is 2.39. The van der Waals surface area contributed by atoms with Gasteiger partial charge in [0, 0.05) is 6.92 Å². The van der Waals surface area contributed by atoms with Crippen LogP contribution in [0.4, 0.5) is 0 Å². The molecule has 0 aromatic heterocycles. The molecule has 1 heterocycles. The largest absolute Gasteiger partial charge is 0.323 e. The van der Waals surface area contributed by atoms with E-state index in [1.165, 1.54) is 26.4 Å². The first-order valence-electron chi connectivity index (χ1n) is 5.24. The van der Waals surface area contributed by atoms with Crippen LogP contribution in [-0.2, 0) is 19.2 Å². The maximum Gasteiger partial charge on any atom is 0.309 e. The lowest BCUT2D eigenvalue weighted by molar-refractivity contribution is -0.469. The molecule has 2 unspecified atom stereocenters. The van der Waals surface area contributed by atoms with Crippen LogP contribution in [0.25, 0.3) is 0 Å². The van der Waals surface area contributed by atoms with Crippen molar-refractivity contribution in [3.63, 3.8) is 0 Å². The summed E-state index contributed by atoms with van der Waals surface area (Å²) in [7, 11) is 1.45. The minimum atomic E-state index is -1.01. The number of hydrogen-bond acceptors (Lipinski definition) is 4. The van der Waals surface area contributed by atoms with Gasteiger partial charge in [-0.05, 0) is 6.42 Å². The van der Waals surface area contributed by atoms with Crippen LogP contribution in [0.3, 0.4) is 0 Å². The molecule has 0 aliphatic carbocycles. The summed E-state index contributed by atoms with van der Waals surface area (Å²) < 4.78 is 10.9. The summed E-state index contributed by atoms with van der Waals surface area (Å²) in [5.41, 5.74) is 0. The Morgan fingerprint density at radius 1 is 1.43 bits per heavy atom. The predicted octanol–water partition coefficient (Wildman–Crippen LogP) is 2.23. The van der Waals surface area contributed by atoms with Crippen molar-refractivity contribution in [2.24, 2.45) is 0 Å². The van der Waals surface area contributed by atoms with Crippen molar-refractivity contribution in [2.45, 2.75) is 51.6 Å². The molecular weight excluding hydrogens is 184 g/mol. The molecule has 84 valence electrons. The quantitative estimate of drug-likeness (QED) is 0.378. The molecule has 2 atom stereocenters. The molecule has 0 aromatic rings. The average Bonchev–Trinajstić information content (AvgIpc) is 2.49. The molecule has 0 N–H and O–H groups in total. The molecule has 0 aromatic carbocycles. The summed E-state index contributed by atoms with van der Waals surface area (Å²) >= 11 is 0. The third-order valence-electron chi connectivity index (χ3n) is 2.28. The Bertz CT molecular complexity index is 162. The highest BCUT2D eigenvalue weighted by atomic mass is 17.3. The first-order chi connectivity index (χ1) is 6.70. The van der Waals surface area contributed by atoms with Crippen molar-refractivity contribution >= 4 is 0 Å². The molecule has 0 amide bonds. The fourth-order valence-electron chi connectivity index (χ4n) is 1.57. The van der Waals surface area contributed by atoms with E-state index < -0.39 is 5.97 Å². The fourth-order valence-corrected chi connectivity index (χ4v) is 1.57. The average molecular weight is 204 g/mol. The Balaban J connectivity index is 2.19. The minimum absolute atomic E-state index is 0.140. The lowest BCUT2D eigenvalue weighted by Crippen LogP contribution is -2.30. The number of hydrogen-bond donors (Lipinski definition) is 0. The minimum Gasteiger partial charge on any atom is -0.323 e. The number of rotatable bonds is 6. The van der Waals surface area contributed by atoms with Crippen LogP contribution in [0, 0.1) is 0 Å². The lowest BCUT2D eigenvalue weighted by Gasteiger charge is -2.20. The van der Waals surface area contributed by atoms with Crippen molar-refractivity contribution in [3.05, 3.63) is 0 Å². The van der Waals surface area contributed by atoms with Gasteiger partial charge in [-0.2, -0.15) is 4.89 Å². The summed E-state index contributed by atoms with van der Waals surface area (Å²) in [4.78, 5) is 9.44. The summed E-state index contributed by atoms with van der Waals surface area (Å²) in [5.74, 6) is -1.01. The molecular formula is C10H20O4. The van der Waals surface area contributed by atoms with Gasteiger partial charge in [-0.3, -0.25) is 0 Å².